The van der Waals surface area contributed by atoms with Crippen LogP contribution in [0, 0.1) is 6.92 Å². The number of carbonyl (C=O) groups is 2. The molecule has 7 heteroatoms. The van der Waals surface area contributed by atoms with E-state index in [0.717, 1.165) is 5.56 Å². The predicted molar refractivity (Wildman–Crippen MR) is 90.5 cm³/mol. The Morgan fingerprint density at radius 1 is 1.26 bits per heavy atom. The van der Waals surface area contributed by atoms with Crippen molar-refractivity contribution in [2.75, 3.05) is 5.32 Å². The van der Waals surface area contributed by atoms with Gasteiger partial charge in [0.1, 0.15) is 5.76 Å². The molecule has 0 atom stereocenters. The van der Waals surface area contributed by atoms with Crippen LogP contribution in [0.5, 0.6) is 0 Å². The number of aromatic carboxylic acids is 1. The second-order valence-corrected chi connectivity index (χ2v) is 5.26. The van der Waals surface area contributed by atoms with Crippen molar-refractivity contribution in [1.82, 2.24) is 5.32 Å². The SMILES string of the molecule is CCC(=O)NC(=S)Nc1cc(-c2ccc(C(=O)O)o2)ccc1C. The molecule has 0 unspecified atom stereocenters. The van der Waals surface area contributed by atoms with Crippen molar-refractivity contribution in [2.24, 2.45) is 0 Å². The maximum Gasteiger partial charge on any atom is 0.371 e. The molecule has 1 heterocycles. The maximum atomic E-state index is 11.3. The van der Waals surface area contributed by atoms with E-state index in [1.165, 1.54) is 6.07 Å². The zero-order valence-corrected chi connectivity index (χ0v) is 13.5. The Bertz CT molecular complexity index is 767. The normalized spacial score (nSPS) is 10.2. The minimum Gasteiger partial charge on any atom is -0.475 e. The Kier molecular flexibility index (Phi) is 5.13. The van der Waals surface area contributed by atoms with E-state index in [0.29, 0.717) is 23.4 Å². The first kappa shape index (κ1) is 16.7. The summed E-state index contributed by atoms with van der Waals surface area (Å²) >= 11 is 5.09. The second-order valence-electron chi connectivity index (χ2n) is 4.85. The average molecular weight is 332 g/mol. The number of carbonyl (C=O) groups excluding carboxylic acids is 1. The Labute approximate surface area is 138 Å². The Hall–Kier alpha value is -2.67. The van der Waals surface area contributed by atoms with Crippen LogP contribution < -0.4 is 10.6 Å². The van der Waals surface area contributed by atoms with Crippen LogP contribution in [0.3, 0.4) is 0 Å². The number of rotatable bonds is 4. The number of aryl methyl sites for hydroxylation is 1. The quantitative estimate of drug-likeness (QED) is 0.745. The molecule has 1 aromatic carbocycles. The predicted octanol–water partition coefficient (Wildman–Crippen LogP) is 3.18. The van der Waals surface area contributed by atoms with Gasteiger partial charge < -0.3 is 20.2 Å². The van der Waals surface area contributed by atoms with E-state index in [4.69, 9.17) is 21.7 Å². The molecule has 120 valence electrons. The molecule has 1 amide bonds. The zero-order chi connectivity index (χ0) is 17.0. The molecule has 0 saturated carbocycles. The Morgan fingerprint density at radius 2 is 2.00 bits per heavy atom. The van der Waals surface area contributed by atoms with E-state index in [1.54, 1.807) is 19.1 Å². The van der Waals surface area contributed by atoms with Gasteiger partial charge in [-0.25, -0.2) is 4.79 Å². The van der Waals surface area contributed by atoms with Gasteiger partial charge in [0.05, 0.1) is 0 Å². The van der Waals surface area contributed by atoms with Gasteiger partial charge in [-0.3, -0.25) is 4.79 Å². The van der Waals surface area contributed by atoms with Crippen LogP contribution in [-0.4, -0.2) is 22.1 Å². The lowest BCUT2D eigenvalue weighted by molar-refractivity contribution is -0.119. The summed E-state index contributed by atoms with van der Waals surface area (Å²) in [4.78, 5) is 22.2. The summed E-state index contributed by atoms with van der Waals surface area (Å²) < 4.78 is 5.28. The molecule has 2 aromatic rings. The minimum atomic E-state index is -1.12. The van der Waals surface area contributed by atoms with Crippen LogP contribution in [0.2, 0.25) is 0 Å². The summed E-state index contributed by atoms with van der Waals surface area (Å²) in [6, 6.07) is 8.44. The number of benzene rings is 1. The molecule has 23 heavy (non-hydrogen) atoms. The molecule has 0 fully saturated rings. The maximum absolute atomic E-state index is 11.3. The number of nitrogens with one attached hydrogen (secondary N) is 2. The molecule has 0 aliphatic carbocycles. The van der Waals surface area contributed by atoms with Gasteiger partial charge in [-0.05, 0) is 42.9 Å². The third-order valence-corrected chi connectivity index (χ3v) is 3.37. The third-order valence-electron chi connectivity index (χ3n) is 3.16. The molecular formula is C16H16N2O4S. The number of furan rings is 1. The van der Waals surface area contributed by atoms with E-state index in [2.05, 4.69) is 10.6 Å². The summed E-state index contributed by atoms with van der Waals surface area (Å²) in [5.74, 6) is -0.978. The van der Waals surface area contributed by atoms with Gasteiger partial charge in [0.2, 0.25) is 11.7 Å². The lowest BCUT2D eigenvalue weighted by Gasteiger charge is -2.12. The number of anilines is 1. The van der Waals surface area contributed by atoms with Gasteiger partial charge in [0, 0.05) is 17.7 Å². The van der Waals surface area contributed by atoms with Crippen LogP contribution >= 0.6 is 12.2 Å². The van der Waals surface area contributed by atoms with E-state index >= 15 is 0 Å². The fourth-order valence-corrected chi connectivity index (χ4v) is 2.11. The molecule has 2 rings (SSSR count). The van der Waals surface area contributed by atoms with E-state index in [-0.39, 0.29) is 16.8 Å². The smallest absolute Gasteiger partial charge is 0.371 e. The molecule has 0 bridgehead atoms. The summed E-state index contributed by atoms with van der Waals surface area (Å²) in [5, 5.41) is 14.6. The summed E-state index contributed by atoms with van der Waals surface area (Å²) in [6.45, 7) is 3.63. The highest BCUT2D eigenvalue weighted by molar-refractivity contribution is 7.80. The van der Waals surface area contributed by atoms with Crippen molar-refractivity contribution in [2.45, 2.75) is 20.3 Å². The van der Waals surface area contributed by atoms with E-state index in [9.17, 15) is 9.59 Å². The molecule has 0 spiro atoms. The van der Waals surface area contributed by atoms with Crippen LogP contribution in [0.4, 0.5) is 5.69 Å². The summed E-state index contributed by atoms with van der Waals surface area (Å²) in [7, 11) is 0. The Morgan fingerprint density at radius 3 is 2.61 bits per heavy atom. The molecule has 3 N–H and O–H groups in total. The molecule has 0 saturated heterocycles. The van der Waals surface area contributed by atoms with Crippen molar-refractivity contribution in [3.8, 4) is 11.3 Å². The largest absolute Gasteiger partial charge is 0.475 e. The minimum absolute atomic E-state index is 0.124. The molecule has 0 aliphatic heterocycles. The topological polar surface area (TPSA) is 91.6 Å². The number of carboxylic acids is 1. The fraction of sp³-hybridized carbons (Fsp3) is 0.188. The van der Waals surface area contributed by atoms with Crippen molar-refractivity contribution in [1.29, 1.82) is 0 Å². The number of carboxylic acid groups (broad SMARTS) is 1. The monoisotopic (exact) mass is 332 g/mol. The number of amides is 1. The highest BCUT2D eigenvalue weighted by Crippen LogP contribution is 2.27. The van der Waals surface area contributed by atoms with Crippen molar-refractivity contribution in [3.05, 3.63) is 41.7 Å². The first-order valence-electron chi connectivity index (χ1n) is 6.95. The van der Waals surface area contributed by atoms with Crippen molar-refractivity contribution < 1.29 is 19.1 Å². The zero-order valence-electron chi connectivity index (χ0n) is 12.7. The van der Waals surface area contributed by atoms with Crippen LogP contribution in [0.15, 0.2) is 34.7 Å². The highest BCUT2D eigenvalue weighted by Gasteiger charge is 2.12. The third kappa shape index (κ3) is 4.17. The van der Waals surface area contributed by atoms with Gasteiger partial charge >= 0.3 is 5.97 Å². The first-order valence-corrected chi connectivity index (χ1v) is 7.36. The molecule has 6 nitrogen and oxygen atoms in total. The lowest BCUT2D eigenvalue weighted by Crippen LogP contribution is -2.33. The fourth-order valence-electron chi connectivity index (χ4n) is 1.89. The van der Waals surface area contributed by atoms with Crippen LogP contribution in [-0.2, 0) is 4.79 Å². The van der Waals surface area contributed by atoms with Crippen molar-refractivity contribution in [3.63, 3.8) is 0 Å². The highest BCUT2D eigenvalue weighted by atomic mass is 32.1. The van der Waals surface area contributed by atoms with Crippen LogP contribution in [0.25, 0.3) is 11.3 Å². The van der Waals surface area contributed by atoms with Gasteiger partial charge in [-0.15, -0.1) is 0 Å². The lowest BCUT2D eigenvalue weighted by atomic mass is 10.1. The second kappa shape index (κ2) is 7.06. The summed E-state index contributed by atoms with van der Waals surface area (Å²) in [5.41, 5.74) is 2.33. The van der Waals surface area contributed by atoms with Gasteiger partial charge in [0.15, 0.2) is 5.11 Å². The van der Waals surface area contributed by atoms with Gasteiger partial charge in [-0.2, -0.15) is 0 Å². The number of hydrogen-bond donors (Lipinski definition) is 3. The average Bonchev–Trinajstić information content (AvgIpc) is 2.99. The Balaban J connectivity index is 2.22. The van der Waals surface area contributed by atoms with E-state index in [1.807, 2.05) is 19.1 Å². The van der Waals surface area contributed by atoms with Crippen LogP contribution in [0.1, 0.15) is 29.5 Å². The number of thiocarbonyl (C=S) groups is 1. The van der Waals surface area contributed by atoms with Gasteiger partial charge in [-0.1, -0.05) is 19.1 Å². The number of hydrogen-bond acceptors (Lipinski definition) is 4. The van der Waals surface area contributed by atoms with Crippen molar-refractivity contribution >= 4 is 34.9 Å². The van der Waals surface area contributed by atoms with E-state index < -0.39 is 5.97 Å². The molecule has 0 radical (unpaired) electrons. The standard InChI is InChI=1S/C16H16N2O4S/c1-3-14(19)18-16(23)17-11-8-10(5-4-9(11)2)12-6-7-13(22-12)15(20)21/h4-8H,3H2,1-2H3,(H,20,21)(H2,17,18,19,23). The molecule has 1 aromatic heterocycles. The summed E-state index contributed by atoms with van der Waals surface area (Å²) in [6.07, 6.45) is 0.338. The first-order chi connectivity index (χ1) is 10.9. The molecule has 0 aliphatic rings. The van der Waals surface area contributed by atoms with Gasteiger partial charge in [0.25, 0.3) is 0 Å². The molecular weight excluding hydrogens is 316 g/mol.